The van der Waals surface area contributed by atoms with Crippen LogP contribution in [0.25, 0.3) is 49.7 Å². The Labute approximate surface area is 360 Å². The van der Waals surface area contributed by atoms with Gasteiger partial charge < -0.3 is 9.47 Å². The molecule has 300 valence electrons. The van der Waals surface area contributed by atoms with Gasteiger partial charge in [-0.25, -0.2) is 0 Å². The Balaban J connectivity index is 1.03. The topological polar surface area (TPSA) is 8.17 Å². The van der Waals surface area contributed by atoms with Crippen LogP contribution >= 0.6 is 0 Å². The van der Waals surface area contributed by atoms with Crippen LogP contribution in [-0.2, 0) is 10.8 Å². The van der Waals surface area contributed by atoms with Crippen LogP contribution in [0.4, 0.5) is 17.1 Å². The van der Waals surface area contributed by atoms with Crippen LogP contribution in [0.5, 0.6) is 0 Å². The molecule has 0 aliphatic heterocycles. The van der Waals surface area contributed by atoms with Crippen LogP contribution in [0.15, 0.2) is 158 Å². The van der Waals surface area contributed by atoms with Crippen LogP contribution in [0.1, 0.15) is 99.8 Å². The van der Waals surface area contributed by atoms with Crippen molar-refractivity contribution in [2.45, 2.75) is 88.4 Å². The lowest BCUT2D eigenvalue weighted by Gasteiger charge is -2.55. The van der Waals surface area contributed by atoms with Crippen molar-refractivity contribution in [3.05, 3.63) is 180 Å². The van der Waals surface area contributed by atoms with E-state index in [-0.39, 0.29) is 10.8 Å². The molecule has 0 amide bonds. The maximum atomic E-state index is 2.60. The lowest BCUT2D eigenvalue weighted by atomic mass is 9.49. The second kappa shape index (κ2) is 13.6. The molecule has 0 N–H and O–H groups in total. The smallest absolute Gasteiger partial charge is 0.0541 e. The molecule has 3 saturated carbocycles. The van der Waals surface area contributed by atoms with E-state index in [1.54, 1.807) is 16.7 Å². The molecule has 61 heavy (non-hydrogen) atoms. The summed E-state index contributed by atoms with van der Waals surface area (Å²) in [5, 5.41) is 2.58. The van der Waals surface area contributed by atoms with Crippen LogP contribution in [0.2, 0.25) is 0 Å². The Morgan fingerprint density at radius 1 is 0.492 bits per heavy atom. The molecular formula is C59H54N2. The van der Waals surface area contributed by atoms with Crippen molar-refractivity contribution in [2.75, 3.05) is 4.90 Å². The van der Waals surface area contributed by atoms with Crippen molar-refractivity contribution in [1.29, 1.82) is 0 Å². The monoisotopic (exact) mass is 790 g/mol. The molecule has 0 radical (unpaired) electrons. The number of hydrogen-bond acceptors (Lipinski definition) is 1. The Kier molecular flexibility index (Phi) is 7.98. The molecule has 7 aromatic carbocycles. The molecule has 0 saturated heterocycles. The fourth-order valence-electron chi connectivity index (χ4n) is 14.3. The number of hydrogen-bond donors (Lipinski definition) is 0. The molecular weight excluding hydrogens is 737 g/mol. The fourth-order valence-corrected chi connectivity index (χ4v) is 14.3. The molecule has 8 aromatic rings. The molecule has 3 fully saturated rings. The molecule has 2 spiro atoms. The van der Waals surface area contributed by atoms with Crippen molar-refractivity contribution >= 4 is 38.9 Å². The first-order valence-electron chi connectivity index (χ1n) is 23.5. The van der Waals surface area contributed by atoms with Gasteiger partial charge in [-0.05, 0) is 155 Å². The van der Waals surface area contributed by atoms with E-state index in [9.17, 15) is 0 Å². The first-order valence-corrected chi connectivity index (χ1v) is 23.5. The third-order valence-electron chi connectivity index (χ3n) is 16.7. The normalized spacial score (nSPS) is 22.9. The van der Waals surface area contributed by atoms with Gasteiger partial charge in [-0.2, -0.15) is 0 Å². The van der Waals surface area contributed by atoms with Gasteiger partial charge in [0.15, 0.2) is 0 Å². The number of para-hydroxylation sites is 2. The van der Waals surface area contributed by atoms with Crippen LogP contribution in [0.3, 0.4) is 0 Å². The number of rotatable bonds is 5. The fraction of sp³-hybridized carbons (Fsp3) is 0.288. The van der Waals surface area contributed by atoms with E-state index >= 15 is 0 Å². The lowest BCUT2D eigenvalue weighted by Crippen LogP contribution is -2.49. The second-order valence-corrected chi connectivity index (χ2v) is 19.4. The average Bonchev–Trinajstić information content (AvgIpc) is 3.89. The Morgan fingerprint density at radius 2 is 1.08 bits per heavy atom. The highest BCUT2D eigenvalue weighted by molar-refractivity contribution is 6.09. The Hall–Kier alpha value is -5.86. The highest BCUT2D eigenvalue weighted by Crippen LogP contribution is 2.66. The summed E-state index contributed by atoms with van der Waals surface area (Å²) >= 11 is 0. The molecule has 1 aromatic heterocycles. The zero-order chi connectivity index (χ0) is 40.3. The summed E-state index contributed by atoms with van der Waals surface area (Å²) in [6.07, 6.45) is 14.5. The van der Waals surface area contributed by atoms with Gasteiger partial charge in [-0.3, -0.25) is 0 Å². The van der Waals surface area contributed by atoms with Gasteiger partial charge in [0.1, 0.15) is 0 Å². The first kappa shape index (κ1) is 35.9. The maximum Gasteiger partial charge on any atom is 0.0541 e. The third kappa shape index (κ3) is 4.97. The highest BCUT2D eigenvalue weighted by atomic mass is 15.1. The Morgan fingerprint density at radius 3 is 1.82 bits per heavy atom. The van der Waals surface area contributed by atoms with E-state index < -0.39 is 0 Å². The minimum Gasteiger partial charge on any atom is -0.310 e. The van der Waals surface area contributed by atoms with Crippen molar-refractivity contribution in [1.82, 2.24) is 4.57 Å². The van der Waals surface area contributed by atoms with Crippen LogP contribution in [-0.4, -0.2) is 4.57 Å². The second-order valence-electron chi connectivity index (χ2n) is 19.4. The van der Waals surface area contributed by atoms with Gasteiger partial charge in [-0.15, -0.1) is 0 Å². The summed E-state index contributed by atoms with van der Waals surface area (Å²) in [5.41, 5.74) is 19.6. The molecule has 13 rings (SSSR count). The molecule has 2 unspecified atom stereocenters. The number of aromatic nitrogens is 1. The Bertz CT molecular complexity index is 2960. The zero-order valence-corrected chi connectivity index (χ0v) is 35.4. The molecule has 2 atom stereocenters. The van der Waals surface area contributed by atoms with Gasteiger partial charge in [0.2, 0.25) is 0 Å². The van der Waals surface area contributed by atoms with Crippen molar-refractivity contribution in [2.24, 2.45) is 17.8 Å². The van der Waals surface area contributed by atoms with E-state index in [4.69, 9.17) is 0 Å². The zero-order valence-electron chi connectivity index (χ0n) is 35.4. The van der Waals surface area contributed by atoms with Gasteiger partial charge in [0, 0.05) is 44.4 Å². The SMILES string of the molecule is CCC1CC2CCCC(C1)C21c2ccccc2-c2cc(N(c3cccc(-n4c5ccccc5c5ccccc54)c3)c3ccc4c(c3)C3(CCCCC3)c3ccccc3-4)ccc21. The average molecular weight is 791 g/mol. The predicted octanol–water partition coefficient (Wildman–Crippen LogP) is 16.0. The lowest BCUT2D eigenvalue weighted by molar-refractivity contribution is 0.0492. The summed E-state index contributed by atoms with van der Waals surface area (Å²) in [4.78, 5) is 2.60. The minimum atomic E-state index is 0.0784. The van der Waals surface area contributed by atoms with Gasteiger partial charge in [0.05, 0.1) is 11.0 Å². The van der Waals surface area contributed by atoms with Crippen molar-refractivity contribution in [3.63, 3.8) is 0 Å². The highest BCUT2D eigenvalue weighted by Gasteiger charge is 2.57. The maximum absolute atomic E-state index is 2.60. The van der Waals surface area contributed by atoms with E-state index in [2.05, 4.69) is 174 Å². The van der Waals surface area contributed by atoms with Crippen molar-refractivity contribution in [3.8, 4) is 27.9 Å². The molecule has 5 aliphatic carbocycles. The number of anilines is 3. The quantitative estimate of drug-likeness (QED) is 0.169. The molecule has 2 nitrogen and oxygen atoms in total. The predicted molar refractivity (Wildman–Crippen MR) is 255 cm³/mol. The van der Waals surface area contributed by atoms with E-state index in [1.165, 1.54) is 143 Å². The number of nitrogens with zero attached hydrogens (tertiary/aromatic N) is 2. The van der Waals surface area contributed by atoms with Crippen LogP contribution < -0.4 is 4.90 Å². The van der Waals surface area contributed by atoms with Crippen molar-refractivity contribution < 1.29 is 0 Å². The minimum absolute atomic E-state index is 0.0784. The van der Waals surface area contributed by atoms with E-state index in [0.29, 0.717) is 11.8 Å². The molecule has 5 aliphatic rings. The summed E-state index contributed by atoms with van der Waals surface area (Å²) in [6.45, 7) is 2.43. The van der Waals surface area contributed by atoms with E-state index in [0.717, 1.165) is 5.92 Å². The summed E-state index contributed by atoms with van der Waals surface area (Å²) in [6, 6.07) is 61.2. The largest absolute Gasteiger partial charge is 0.310 e. The van der Waals surface area contributed by atoms with Gasteiger partial charge in [0.25, 0.3) is 0 Å². The van der Waals surface area contributed by atoms with E-state index in [1.807, 2.05) is 0 Å². The van der Waals surface area contributed by atoms with Crippen LogP contribution in [0, 0.1) is 17.8 Å². The molecule has 2 heteroatoms. The molecule has 2 bridgehead atoms. The molecule has 1 heterocycles. The number of benzene rings is 7. The standard InChI is InChI=1S/C59H54N2/c1-2-39-34-40-16-14-17-41(35-39)59(40)53-25-9-5-21-47(53)51-37-44(29-31-54(51)59)60(45-28-30-48-46-20-4-8-24-52(46)58(55(48)38-45)32-12-3-13-33-58)42-18-15-19-43(36-42)61-56-26-10-6-22-49(56)50-23-7-11-27-57(50)61/h4-11,15,18-31,36-41H,2-3,12-14,16-17,32-35H2,1H3. The number of fused-ring (bicyclic) bond motifs is 11. The first-order chi connectivity index (χ1) is 30.2. The van der Waals surface area contributed by atoms with Gasteiger partial charge in [-0.1, -0.05) is 142 Å². The third-order valence-corrected chi connectivity index (χ3v) is 16.7. The van der Waals surface area contributed by atoms with Gasteiger partial charge >= 0.3 is 0 Å². The summed E-state index contributed by atoms with van der Waals surface area (Å²) < 4.78 is 2.47. The summed E-state index contributed by atoms with van der Waals surface area (Å²) in [5.74, 6) is 2.27. The summed E-state index contributed by atoms with van der Waals surface area (Å²) in [7, 11) is 0.